The van der Waals surface area contributed by atoms with Gasteiger partial charge in [0.05, 0.1) is 53.8 Å². The van der Waals surface area contributed by atoms with Crippen LogP contribution in [0.4, 0.5) is 11.4 Å². The van der Waals surface area contributed by atoms with Crippen molar-refractivity contribution in [2.75, 3.05) is 37.5 Å². The molecule has 22 nitrogen and oxygen atoms in total. The summed E-state index contributed by atoms with van der Waals surface area (Å²) in [4.78, 5) is 28.4. The number of hydroxylamine groups is 2. The second kappa shape index (κ2) is 20.3. The molecule has 3 aliphatic heterocycles. The van der Waals surface area contributed by atoms with Crippen molar-refractivity contribution in [3.05, 3.63) is 108 Å². The number of anilines is 1. The number of nitrogens with zero attached hydrogens (tertiary/aromatic N) is 3. The van der Waals surface area contributed by atoms with Crippen molar-refractivity contribution in [1.82, 2.24) is 5.06 Å². The number of hydrogen-bond donors (Lipinski definition) is 0. The van der Waals surface area contributed by atoms with Crippen LogP contribution < -0.4 is 4.90 Å². The van der Waals surface area contributed by atoms with Gasteiger partial charge < -0.3 is 37.2 Å². The number of carbonyl (C=O) groups excluding carboxylic acids is 2. The smallest absolute Gasteiger partial charge is 0.333 e. The lowest BCUT2D eigenvalue weighted by atomic mass is 9.75. The fraction of sp³-hybridized carbons (Fsp3) is 0.354. The zero-order valence-electron chi connectivity index (χ0n) is 40.8. The van der Waals surface area contributed by atoms with Gasteiger partial charge in [0.1, 0.15) is 47.0 Å². The van der Waals surface area contributed by atoms with Gasteiger partial charge in [-0.3, -0.25) is 4.79 Å². The van der Waals surface area contributed by atoms with E-state index in [4.69, 9.17) is 9.57 Å². The minimum Gasteiger partial charge on any atom is -0.748 e. The van der Waals surface area contributed by atoms with Crippen LogP contribution in [0.3, 0.4) is 0 Å². The molecule has 0 spiro atoms. The summed E-state index contributed by atoms with van der Waals surface area (Å²) >= 11 is 0. The van der Waals surface area contributed by atoms with E-state index in [0.717, 1.165) is 17.2 Å². The van der Waals surface area contributed by atoms with Gasteiger partial charge in [0.25, 0.3) is 5.91 Å². The highest BCUT2D eigenvalue weighted by molar-refractivity contribution is 7.87. The molecule has 4 aromatic carbocycles. The fourth-order valence-corrected chi connectivity index (χ4v) is 13.2. The Morgan fingerprint density at radius 1 is 0.773 bits per heavy atom. The van der Waals surface area contributed by atoms with Gasteiger partial charge in [-0.05, 0) is 111 Å². The van der Waals surface area contributed by atoms with Crippen molar-refractivity contribution >= 4 is 101 Å². The molecule has 1 fully saturated rings. The van der Waals surface area contributed by atoms with E-state index in [9.17, 15) is 74.4 Å². The first-order chi connectivity index (χ1) is 34.6. The third-order valence-electron chi connectivity index (χ3n) is 13.5. The predicted octanol–water partition coefficient (Wildman–Crippen LogP) is 4.50. The molecule has 1 unspecified atom stereocenters. The van der Waals surface area contributed by atoms with Gasteiger partial charge in [0.2, 0.25) is 5.69 Å². The monoisotopic (exact) mass is 1130 g/mol. The highest BCUT2D eigenvalue weighted by atomic mass is 32.2. The number of amides is 1. The summed E-state index contributed by atoms with van der Waals surface area (Å²) in [5.41, 5.74) is 0.420. The second-order valence-corrected chi connectivity index (χ2v) is 25.9. The van der Waals surface area contributed by atoms with Crippen LogP contribution in [0.5, 0.6) is 0 Å². The summed E-state index contributed by atoms with van der Waals surface area (Å²) in [5.74, 6) is -2.02. The minimum atomic E-state index is -5.41. The van der Waals surface area contributed by atoms with E-state index in [1.54, 1.807) is 61.5 Å². The molecule has 1 saturated heterocycles. The molecule has 75 heavy (non-hydrogen) atoms. The van der Waals surface area contributed by atoms with Gasteiger partial charge in [-0.2, -0.15) is 4.58 Å². The molecule has 27 heteroatoms. The molecular formula is C48H49N3O19S5-4. The van der Waals surface area contributed by atoms with Gasteiger partial charge in [-0.25, -0.2) is 46.9 Å². The number of carbonyl (C=O) groups is 2. The first-order valence-corrected chi connectivity index (χ1v) is 30.0. The van der Waals surface area contributed by atoms with Crippen LogP contribution in [0.15, 0.2) is 116 Å². The Bertz CT molecular complexity index is 3830. The molecule has 0 saturated carbocycles. The second-order valence-electron chi connectivity index (χ2n) is 18.9. The Kier molecular flexibility index (Phi) is 15.5. The number of ether oxygens (including phenoxy) is 1. The van der Waals surface area contributed by atoms with Crippen molar-refractivity contribution in [1.29, 1.82) is 0 Å². The molecule has 4 aromatic rings. The average Bonchev–Trinajstić information content (AvgIpc) is 3.82. The normalized spacial score (nSPS) is 19.1. The third kappa shape index (κ3) is 11.5. The molecule has 0 aliphatic carbocycles. The van der Waals surface area contributed by atoms with Crippen molar-refractivity contribution < 1.29 is 88.6 Å². The van der Waals surface area contributed by atoms with Crippen LogP contribution in [0, 0.1) is 0 Å². The molecule has 404 valence electrons. The first kappa shape index (κ1) is 57.0. The Labute approximate surface area is 434 Å². The maximum Gasteiger partial charge on any atom is 0.333 e. The van der Waals surface area contributed by atoms with E-state index >= 15 is 0 Å². The number of benzene rings is 4. The van der Waals surface area contributed by atoms with Crippen molar-refractivity contribution in [3.8, 4) is 0 Å². The summed E-state index contributed by atoms with van der Waals surface area (Å²) in [7, 11) is -24.8. The highest BCUT2D eigenvalue weighted by Gasteiger charge is 2.47. The number of hydrogen-bond acceptors (Lipinski definition) is 20. The Morgan fingerprint density at radius 2 is 1.35 bits per heavy atom. The highest BCUT2D eigenvalue weighted by Crippen LogP contribution is 2.54. The molecule has 0 aromatic heterocycles. The van der Waals surface area contributed by atoms with E-state index in [0.29, 0.717) is 58.2 Å². The molecular weight excluding hydrogens is 1080 g/mol. The van der Waals surface area contributed by atoms with Crippen LogP contribution in [0.1, 0.15) is 77.3 Å². The lowest BCUT2D eigenvalue weighted by molar-refractivity contribution is -0.438. The lowest BCUT2D eigenvalue weighted by Gasteiger charge is -2.31. The zero-order valence-corrected chi connectivity index (χ0v) is 44.9. The van der Waals surface area contributed by atoms with Gasteiger partial charge in [-0.15, -0.1) is 5.06 Å². The number of allylic oxidation sites excluding steroid dienone is 7. The molecule has 0 radical (unpaired) electrons. The topological polar surface area (TPSA) is 348 Å². The van der Waals surface area contributed by atoms with E-state index in [1.807, 2.05) is 0 Å². The SMILES string of the molecule is C=C1CCC(=O)N1OC(=O)CCC[N+]1=C(C=CC(C)=CC=C2N(CCOC)c3ccc4c(S(=O)(=O)[O-])cc(S(=O)(=O)[O-])cc4c3C2(C)CCCS(=O)(=O)[O-])C(C)(C)c2c1ccc1c(S(=O)(=O)[O-])cc(S(=O)(=O)[O-])cc21. The van der Waals surface area contributed by atoms with Crippen molar-refractivity contribution in [2.45, 2.75) is 96.6 Å². The molecule has 1 amide bonds. The van der Waals surface area contributed by atoms with E-state index in [2.05, 4.69) is 6.58 Å². The van der Waals surface area contributed by atoms with E-state index in [-0.39, 0.29) is 78.9 Å². The van der Waals surface area contributed by atoms with Gasteiger partial charge in [0.15, 0.2) is 5.71 Å². The summed E-state index contributed by atoms with van der Waals surface area (Å²) in [6, 6.07) is 8.50. The molecule has 3 heterocycles. The summed E-state index contributed by atoms with van der Waals surface area (Å²) < 4.78 is 193. The van der Waals surface area contributed by atoms with Gasteiger partial charge in [-0.1, -0.05) is 30.4 Å². The third-order valence-corrected chi connectivity index (χ3v) is 17.6. The maximum absolute atomic E-state index is 13.0. The van der Waals surface area contributed by atoms with Crippen molar-refractivity contribution in [3.63, 3.8) is 0 Å². The van der Waals surface area contributed by atoms with Crippen LogP contribution in [0.25, 0.3) is 21.5 Å². The maximum atomic E-state index is 13.0. The van der Waals surface area contributed by atoms with Crippen LogP contribution >= 0.6 is 0 Å². The summed E-state index contributed by atoms with van der Waals surface area (Å²) in [6.45, 7) is 10.8. The Morgan fingerprint density at radius 3 is 1.87 bits per heavy atom. The van der Waals surface area contributed by atoms with Gasteiger partial charge in [0, 0.05) is 72.1 Å². The Balaban J connectivity index is 1.38. The lowest BCUT2D eigenvalue weighted by Crippen LogP contribution is -2.31. The quantitative estimate of drug-likeness (QED) is 0.0708. The summed E-state index contributed by atoms with van der Waals surface area (Å²) in [5, 5.41) is 0.305. The largest absolute Gasteiger partial charge is 0.748 e. The van der Waals surface area contributed by atoms with E-state index < -0.39 is 98.6 Å². The number of rotatable bonds is 19. The molecule has 3 aliphatic rings. The van der Waals surface area contributed by atoms with Gasteiger partial charge >= 0.3 is 5.97 Å². The van der Waals surface area contributed by atoms with Crippen LogP contribution in [0.2, 0.25) is 0 Å². The minimum absolute atomic E-state index is 0.0341. The Hall–Kier alpha value is -5.72. The average molecular weight is 1130 g/mol. The first-order valence-electron chi connectivity index (χ1n) is 22.8. The molecule has 0 bridgehead atoms. The molecule has 7 rings (SSSR count). The van der Waals surface area contributed by atoms with Crippen molar-refractivity contribution in [2.24, 2.45) is 0 Å². The number of methoxy groups -OCH3 is 1. The summed E-state index contributed by atoms with van der Waals surface area (Å²) in [6.07, 6.45) is 6.59. The number of fused-ring (bicyclic) bond motifs is 6. The van der Waals surface area contributed by atoms with E-state index in [1.165, 1.54) is 31.4 Å². The zero-order chi connectivity index (χ0) is 55.6. The fourth-order valence-electron chi connectivity index (χ4n) is 10.1. The predicted molar refractivity (Wildman–Crippen MR) is 264 cm³/mol. The van der Waals surface area contributed by atoms with Crippen LogP contribution in [-0.4, -0.2) is 125 Å². The molecule has 0 N–H and O–H groups in total. The standard InChI is InChI=1S/C48H53N3O19S5/c1-29(11-18-42-48(5,20-8-24-71(54,55)56)46-36-26-32(73(60,61)62)28-40(75(66,67)68)34(36)14-16-38(46)50(42)22-23-69-6)10-17-41-47(3,4)45-35-25-31(72(57,58)59)27-39(74(63,64)65)33(35)13-15-37(45)49(41)21-7-9-44(53)70-51-30(2)12-19-43(51)52/h10-11,13-18,25-28H,2,7-9,12,19-24H2,1,3-6H3,(H4-,54,55,56,57,58,59,60,61,62,63,64,65,66,67,68)/p-4. The van der Waals surface area contributed by atoms with Crippen LogP contribution in [-0.2, 0) is 80.6 Å². The molecule has 1 atom stereocenters.